The molecule has 7 rings (SSSR count). The van der Waals surface area contributed by atoms with Crippen molar-refractivity contribution in [3.8, 4) is 0 Å². The van der Waals surface area contributed by atoms with E-state index >= 15 is 0 Å². The van der Waals surface area contributed by atoms with E-state index in [9.17, 15) is 9.59 Å². The van der Waals surface area contributed by atoms with Crippen LogP contribution in [0.15, 0.2) is 65.8 Å². The molecular weight excluding hydrogens is 459 g/mol. The maximum atomic E-state index is 13.6. The van der Waals surface area contributed by atoms with Gasteiger partial charge in [0.1, 0.15) is 6.10 Å². The third-order valence-electron chi connectivity index (χ3n) is 7.89. The summed E-state index contributed by atoms with van der Waals surface area (Å²) in [5, 5.41) is 7.50. The number of nitrogens with zero attached hydrogens (tertiary/aromatic N) is 2. The SMILES string of the molecule is O=C1[C@H]2[C@@H]3C[C@@H]([C@H]4C(c5ccc(Cl)cc5Cl)=NO[C@H]34)[C@@H]2C(=O)N1c1ccc2ccccc2c1. The second kappa shape index (κ2) is 6.81. The number of anilines is 1. The summed E-state index contributed by atoms with van der Waals surface area (Å²) in [5.41, 5.74) is 2.18. The van der Waals surface area contributed by atoms with Crippen molar-refractivity contribution in [3.05, 3.63) is 76.3 Å². The van der Waals surface area contributed by atoms with Crippen LogP contribution in [-0.4, -0.2) is 23.6 Å². The molecule has 0 radical (unpaired) electrons. The Morgan fingerprint density at radius 1 is 0.848 bits per heavy atom. The highest BCUT2D eigenvalue weighted by atomic mass is 35.5. The summed E-state index contributed by atoms with van der Waals surface area (Å²) in [4.78, 5) is 34.4. The Bertz CT molecular complexity index is 1400. The predicted molar refractivity (Wildman–Crippen MR) is 126 cm³/mol. The van der Waals surface area contributed by atoms with Crippen molar-refractivity contribution in [2.45, 2.75) is 12.5 Å². The monoisotopic (exact) mass is 476 g/mol. The van der Waals surface area contributed by atoms with Gasteiger partial charge < -0.3 is 4.84 Å². The second-order valence-electron chi connectivity index (χ2n) is 9.35. The van der Waals surface area contributed by atoms with Gasteiger partial charge in [0.05, 0.1) is 28.3 Å². The summed E-state index contributed by atoms with van der Waals surface area (Å²) in [6.45, 7) is 0. The van der Waals surface area contributed by atoms with Crippen LogP contribution in [0.25, 0.3) is 10.8 Å². The largest absolute Gasteiger partial charge is 0.391 e. The lowest BCUT2D eigenvalue weighted by atomic mass is 9.71. The molecule has 3 fully saturated rings. The van der Waals surface area contributed by atoms with Gasteiger partial charge in [-0.05, 0) is 47.4 Å². The smallest absolute Gasteiger partial charge is 0.238 e. The fraction of sp³-hybridized carbons (Fsp3) is 0.269. The van der Waals surface area contributed by atoms with Crippen molar-refractivity contribution in [1.82, 2.24) is 0 Å². The predicted octanol–water partition coefficient (Wildman–Crippen LogP) is 5.32. The van der Waals surface area contributed by atoms with Gasteiger partial charge in [-0.15, -0.1) is 0 Å². The molecule has 7 heteroatoms. The quantitative estimate of drug-likeness (QED) is 0.470. The number of halogens is 2. The highest BCUT2D eigenvalue weighted by molar-refractivity contribution is 6.37. The molecular formula is C26H18Cl2N2O3. The fourth-order valence-electron chi connectivity index (χ4n) is 6.62. The van der Waals surface area contributed by atoms with E-state index in [1.54, 1.807) is 12.1 Å². The van der Waals surface area contributed by atoms with Crippen LogP contribution < -0.4 is 4.90 Å². The minimum Gasteiger partial charge on any atom is -0.391 e. The number of hydrogen-bond donors (Lipinski definition) is 0. The molecule has 3 aromatic rings. The van der Waals surface area contributed by atoms with Crippen molar-refractivity contribution in [3.63, 3.8) is 0 Å². The number of rotatable bonds is 2. The molecule has 2 aliphatic heterocycles. The Kier molecular flexibility index (Phi) is 4.04. The highest BCUT2D eigenvalue weighted by Crippen LogP contribution is 2.62. The number of oxime groups is 1. The fourth-order valence-corrected chi connectivity index (χ4v) is 7.12. The van der Waals surface area contributed by atoms with E-state index in [0.29, 0.717) is 15.7 Å². The molecule has 2 heterocycles. The summed E-state index contributed by atoms with van der Waals surface area (Å²) >= 11 is 12.5. The van der Waals surface area contributed by atoms with Crippen molar-refractivity contribution in [2.75, 3.05) is 4.90 Å². The Labute approximate surface area is 199 Å². The molecule has 1 saturated heterocycles. The zero-order chi connectivity index (χ0) is 22.4. The van der Waals surface area contributed by atoms with E-state index in [2.05, 4.69) is 5.16 Å². The molecule has 0 unspecified atom stereocenters. The van der Waals surface area contributed by atoms with Crippen molar-refractivity contribution >= 4 is 57.2 Å². The maximum Gasteiger partial charge on any atom is 0.238 e. The molecule has 2 amide bonds. The molecule has 4 aliphatic rings. The number of carbonyl (C=O) groups is 2. The van der Waals surface area contributed by atoms with E-state index < -0.39 is 0 Å². The van der Waals surface area contributed by atoms with Gasteiger partial charge in [-0.1, -0.05) is 64.8 Å². The van der Waals surface area contributed by atoms with E-state index in [-0.39, 0.29) is 47.5 Å². The normalized spacial score (nSPS) is 31.7. The van der Waals surface area contributed by atoms with Gasteiger partial charge in [-0.25, -0.2) is 0 Å². The Hall–Kier alpha value is -2.89. The summed E-state index contributed by atoms with van der Waals surface area (Å²) < 4.78 is 0. The first-order valence-electron chi connectivity index (χ1n) is 11.1. The van der Waals surface area contributed by atoms with Crippen LogP contribution in [0, 0.1) is 29.6 Å². The molecule has 0 aromatic heterocycles. The average Bonchev–Trinajstić information content (AvgIpc) is 3.54. The zero-order valence-corrected chi connectivity index (χ0v) is 18.8. The highest BCUT2D eigenvalue weighted by Gasteiger charge is 2.70. The number of hydrogen-bond acceptors (Lipinski definition) is 4. The van der Waals surface area contributed by atoms with Crippen LogP contribution in [0.5, 0.6) is 0 Å². The number of benzene rings is 3. The van der Waals surface area contributed by atoms with Crippen LogP contribution in [0.2, 0.25) is 10.0 Å². The maximum absolute atomic E-state index is 13.6. The summed E-state index contributed by atoms with van der Waals surface area (Å²) in [6, 6.07) is 19.0. The van der Waals surface area contributed by atoms with Crippen LogP contribution in [0.1, 0.15) is 12.0 Å². The molecule has 0 N–H and O–H groups in total. The van der Waals surface area contributed by atoms with Crippen LogP contribution >= 0.6 is 23.2 Å². The molecule has 2 aliphatic carbocycles. The molecule has 6 atom stereocenters. The Morgan fingerprint density at radius 3 is 2.39 bits per heavy atom. The van der Waals surface area contributed by atoms with Gasteiger partial charge >= 0.3 is 0 Å². The lowest BCUT2D eigenvalue weighted by Crippen LogP contribution is -2.41. The molecule has 2 bridgehead atoms. The molecule has 5 nitrogen and oxygen atoms in total. The lowest BCUT2D eigenvalue weighted by Gasteiger charge is -2.30. The first-order chi connectivity index (χ1) is 16.0. The topological polar surface area (TPSA) is 59.0 Å². The number of amides is 2. The minimum atomic E-state index is -0.356. The number of imide groups is 1. The average molecular weight is 477 g/mol. The lowest BCUT2D eigenvalue weighted by molar-refractivity contribution is -0.125. The van der Waals surface area contributed by atoms with Gasteiger partial charge in [0, 0.05) is 22.4 Å². The zero-order valence-electron chi connectivity index (χ0n) is 17.3. The van der Waals surface area contributed by atoms with E-state index in [1.165, 1.54) is 4.90 Å². The van der Waals surface area contributed by atoms with Gasteiger partial charge in [-0.2, -0.15) is 0 Å². The first kappa shape index (κ1) is 19.6. The molecule has 33 heavy (non-hydrogen) atoms. The van der Waals surface area contributed by atoms with E-state index in [1.807, 2.05) is 48.5 Å². The Balaban J connectivity index is 1.25. The van der Waals surface area contributed by atoms with Crippen LogP contribution in [0.3, 0.4) is 0 Å². The van der Waals surface area contributed by atoms with Gasteiger partial charge in [-0.3, -0.25) is 14.5 Å². The summed E-state index contributed by atoms with van der Waals surface area (Å²) in [5.74, 6) is -1.02. The molecule has 3 aromatic carbocycles. The number of fused-ring (bicyclic) bond motifs is 9. The van der Waals surface area contributed by atoms with E-state index in [4.69, 9.17) is 28.0 Å². The Morgan fingerprint density at radius 2 is 1.61 bits per heavy atom. The van der Waals surface area contributed by atoms with Gasteiger partial charge in [0.15, 0.2) is 0 Å². The summed E-state index contributed by atoms with van der Waals surface area (Å²) in [7, 11) is 0. The van der Waals surface area contributed by atoms with Crippen molar-refractivity contribution < 1.29 is 14.4 Å². The number of carbonyl (C=O) groups excluding carboxylic acids is 2. The van der Waals surface area contributed by atoms with Crippen LogP contribution in [-0.2, 0) is 14.4 Å². The van der Waals surface area contributed by atoms with Gasteiger partial charge in [0.2, 0.25) is 11.8 Å². The van der Waals surface area contributed by atoms with Crippen molar-refractivity contribution in [2.24, 2.45) is 34.7 Å². The standard InChI is InChI=1S/C26H18Cl2N2O3/c27-14-6-8-16(19(28)10-14)23-22-17-11-18(24(22)33-29-23)21-20(17)25(31)30(26(21)32)15-7-5-12-3-1-2-4-13(12)9-15/h1-10,17-18,20-22,24H,11H2/t17-,18+,20+,21+,22+,24-/m1/s1. The summed E-state index contributed by atoms with van der Waals surface area (Å²) in [6.07, 6.45) is 0.587. The molecule has 0 spiro atoms. The first-order valence-corrected chi connectivity index (χ1v) is 11.8. The van der Waals surface area contributed by atoms with Crippen LogP contribution in [0.4, 0.5) is 5.69 Å². The minimum absolute atomic E-state index is 0.0000915. The van der Waals surface area contributed by atoms with E-state index in [0.717, 1.165) is 28.5 Å². The van der Waals surface area contributed by atoms with Crippen molar-refractivity contribution in [1.29, 1.82) is 0 Å². The second-order valence-corrected chi connectivity index (χ2v) is 10.2. The van der Waals surface area contributed by atoms with Gasteiger partial charge in [0.25, 0.3) is 0 Å². The molecule has 2 saturated carbocycles. The third kappa shape index (κ3) is 2.58. The third-order valence-corrected chi connectivity index (χ3v) is 8.44. The molecule has 164 valence electrons.